The SMILES string of the molecule is Cc1cccc(C(=O)NCCOc2cc(N3CCCC3)nc(C)n2)c1. The van der Waals surface area contributed by atoms with Gasteiger partial charge in [-0.05, 0) is 38.8 Å². The van der Waals surface area contributed by atoms with E-state index >= 15 is 0 Å². The summed E-state index contributed by atoms with van der Waals surface area (Å²) in [6.07, 6.45) is 2.40. The number of amides is 1. The molecule has 1 aromatic carbocycles. The molecule has 1 aromatic heterocycles. The lowest BCUT2D eigenvalue weighted by atomic mass is 10.1. The van der Waals surface area contributed by atoms with E-state index in [9.17, 15) is 4.79 Å². The summed E-state index contributed by atoms with van der Waals surface area (Å²) in [6.45, 7) is 6.69. The van der Waals surface area contributed by atoms with Crippen molar-refractivity contribution in [3.05, 3.63) is 47.3 Å². The first-order chi connectivity index (χ1) is 12.1. The van der Waals surface area contributed by atoms with E-state index in [0.717, 1.165) is 24.5 Å². The maximum Gasteiger partial charge on any atom is 0.251 e. The Balaban J connectivity index is 1.51. The number of hydrogen-bond acceptors (Lipinski definition) is 5. The van der Waals surface area contributed by atoms with Crippen LogP contribution >= 0.6 is 0 Å². The highest BCUT2D eigenvalue weighted by atomic mass is 16.5. The molecular weight excluding hydrogens is 316 g/mol. The number of rotatable bonds is 6. The van der Waals surface area contributed by atoms with Crippen molar-refractivity contribution in [2.75, 3.05) is 31.1 Å². The van der Waals surface area contributed by atoms with Gasteiger partial charge in [-0.25, -0.2) is 4.98 Å². The highest BCUT2D eigenvalue weighted by Gasteiger charge is 2.15. The van der Waals surface area contributed by atoms with Gasteiger partial charge < -0.3 is 15.0 Å². The molecule has 2 aromatic rings. The largest absolute Gasteiger partial charge is 0.476 e. The fourth-order valence-electron chi connectivity index (χ4n) is 2.92. The normalized spacial score (nSPS) is 13.8. The van der Waals surface area contributed by atoms with Crippen molar-refractivity contribution in [1.29, 1.82) is 0 Å². The van der Waals surface area contributed by atoms with Crippen LogP contribution in [0.2, 0.25) is 0 Å². The lowest BCUT2D eigenvalue weighted by molar-refractivity contribution is 0.0946. The highest BCUT2D eigenvalue weighted by Crippen LogP contribution is 2.21. The zero-order valence-corrected chi connectivity index (χ0v) is 14.8. The number of ether oxygens (including phenoxy) is 1. The maximum absolute atomic E-state index is 12.1. The molecule has 0 aliphatic carbocycles. The standard InChI is InChI=1S/C19H24N4O2/c1-14-6-5-7-16(12-14)19(24)20-8-11-25-18-13-17(21-15(2)22-18)23-9-3-4-10-23/h5-7,12-13H,3-4,8-11H2,1-2H3,(H,20,24). The molecule has 1 aliphatic heterocycles. The molecule has 1 aliphatic rings. The Labute approximate surface area is 148 Å². The molecular formula is C19H24N4O2. The van der Waals surface area contributed by atoms with Crippen molar-refractivity contribution in [3.63, 3.8) is 0 Å². The molecule has 1 fully saturated rings. The fourth-order valence-corrected chi connectivity index (χ4v) is 2.92. The molecule has 6 nitrogen and oxygen atoms in total. The molecule has 0 radical (unpaired) electrons. The van der Waals surface area contributed by atoms with Crippen LogP contribution < -0.4 is 15.0 Å². The monoisotopic (exact) mass is 340 g/mol. The van der Waals surface area contributed by atoms with Crippen molar-refractivity contribution < 1.29 is 9.53 Å². The summed E-state index contributed by atoms with van der Waals surface area (Å²) in [5, 5.41) is 2.86. The average Bonchev–Trinajstić information content (AvgIpc) is 3.13. The van der Waals surface area contributed by atoms with Crippen LogP contribution in [0.15, 0.2) is 30.3 Å². The van der Waals surface area contributed by atoms with Crippen LogP contribution in [0.4, 0.5) is 5.82 Å². The molecule has 0 atom stereocenters. The molecule has 0 spiro atoms. The summed E-state index contributed by atoms with van der Waals surface area (Å²) >= 11 is 0. The van der Waals surface area contributed by atoms with Crippen molar-refractivity contribution in [2.45, 2.75) is 26.7 Å². The van der Waals surface area contributed by atoms with Crippen molar-refractivity contribution in [1.82, 2.24) is 15.3 Å². The lowest BCUT2D eigenvalue weighted by Crippen LogP contribution is -2.28. The number of nitrogens with zero attached hydrogens (tertiary/aromatic N) is 3. The van der Waals surface area contributed by atoms with E-state index in [0.29, 0.717) is 30.4 Å². The predicted octanol–water partition coefficient (Wildman–Crippen LogP) is 2.50. The van der Waals surface area contributed by atoms with Crippen molar-refractivity contribution >= 4 is 11.7 Å². The number of benzene rings is 1. The average molecular weight is 340 g/mol. The van der Waals surface area contributed by atoms with Gasteiger partial charge in [0.25, 0.3) is 5.91 Å². The minimum atomic E-state index is -0.0936. The van der Waals surface area contributed by atoms with Gasteiger partial charge in [-0.15, -0.1) is 0 Å². The number of aromatic nitrogens is 2. The van der Waals surface area contributed by atoms with Crippen LogP contribution in [0.1, 0.15) is 34.6 Å². The number of nitrogens with one attached hydrogen (secondary N) is 1. The molecule has 1 N–H and O–H groups in total. The second-order valence-corrected chi connectivity index (χ2v) is 6.28. The first kappa shape index (κ1) is 17.2. The van der Waals surface area contributed by atoms with Crippen molar-refractivity contribution in [2.24, 2.45) is 0 Å². The van der Waals surface area contributed by atoms with Gasteiger partial charge in [-0.2, -0.15) is 4.98 Å². The molecule has 1 saturated heterocycles. The van der Waals surface area contributed by atoms with Gasteiger partial charge in [0.15, 0.2) is 0 Å². The lowest BCUT2D eigenvalue weighted by Gasteiger charge is -2.17. The second kappa shape index (κ2) is 7.96. The number of aryl methyl sites for hydroxylation is 2. The number of carbonyl (C=O) groups excluding carboxylic acids is 1. The first-order valence-electron chi connectivity index (χ1n) is 8.70. The molecule has 3 rings (SSSR count). The minimum Gasteiger partial charge on any atom is -0.476 e. The van der Waals surface area contributed by atoms with Gasteiger partial charge in [0, 0.05) is 24.7 Å². The van der Waals surface area contributed by atoms with Gasteiger partial charge in [0.05, 0.1) is 6.54 Å². The molecule has 132 valence electrons. The summed E-state index contributed by atoms with van der Waals surface area (Å²) in [5.74, 6) is 2.08. The van der Waals surface area contributed by atoms with Gasteiger partial charge in [-0.3, -0.25) is 4.79 Å². The molecule has 1 amide bonds. The van der Waals surface area contributed by atoms with Gasteiger partial charge in [0.2, 0.25) is 5.88 Å². The van der Waals surface area contributed by atoms with Crippen LogP contribution in [-0.2, 0) is 0 Å². The summed E-state index contributed by atoms with van der Waals surface area (Å²) < 4.78 is 5.70. The number of carbonyl (C=O) groups is 1. The Bertz CT molecular complexity index is 742. The summed E-state index contributed by atoms with van der Waals surface area (Å²) in [6, 6.07) is 9.39. The van der Waals surface area contributed by atoms with E-state index < -0.39 is 0 Å². The number of hydrogen-bond donors (Lipinski definition) is 1. The molecule has 25 heavy (non-hydrogen) atoms. The third-order valence-corrected chi connectivity index (χ3v) is 4.15. The van der Waals surface area contributed by atoms with Crippen LogP contribution in [0.5, 0.6) is 5.88 Å². The third kappa shape index (κ3) is 4.68. The van der Waals surface area contributed by atoms with E-state index in [1.54, 1.807) is 6.07 Å². The maximum atomic E-state index is 12.1. The first-order valence-corrected chi connectivity index (χ1v) is 8.70. The zero-order valence-electron chi connectivity index (χ0n) is 14.8. The molecule has 6 heteroatoms. The van der Waals surface area contributed by atoms with E-state index in [-0.39, 0.29) is 5.91 Å². The third-order valence-electron chi connectivity index (χ3n) is 4.15. The van der Waals surface area contributed by atoms with E-state index in [1.165, 1.54) is 12.8 Å². The Morgan fingerprint density at radius 1 is 1.20 bits per heavy atom. The Morgan fingerprint density at radius 2 is 2.00 bits per heavy atom. The van der Waals surface area contributed by atoms with E-state index in [2.05, 4.69) is 20.2 Å². The van der Waals surface area contributed by atoms with Gasteiger partial charge in [0.1, 0.15) is 18.2 Å². The van der Waals surface area contributed by atoms with Gasteiger partial charge in [-0.1, -0.05) is 17.7 Å². The van der Waals surface area contributed by atoms with Crippen molar-refractivity contribution in [3.8, 4) is 5.88 Å². The minimum absolute atomic E-state index is 0.0936. The summed E-state index contributed by atoms with van der Waals surface area (Å²) in [5.41, 5.74) is 1.73. The topological polar surface area (TPSA) is 67.3 Å². The van der Waals surface area contributed by atoms with Crippen LogP contribution in [-0.4, -0.2) is 42.1 Å². The molecule has 0 bridgehead atoms. The molecule has 0 saturated carbocycles. The molecule has 0 unspecified atom stereocenters. The number of anilines is 1. The van der Waals surface area contributed by atoms with Crippen LogP contribution in [0, 0.1) is 13.8 Å². The quantitative estimate of drug-likeness (QED) is 0.819. The Hall–Kier alpha value is -2.63. The van der Waals surface area contributed by atoms with Crippen LogP contribution in [0.25, 0.3) is 0 Å². The van der Waals surface area contributed by atoms with E-state index in [1.807, 2.05) is 38.1 Å². The highest BCUT2D eigenvalue weighted by molar-refractivity contribution is 5.94. The molecule has 2 heterocycles. The Morgan fingerprint density at radius 3 is 2.76 bits per heavy atom. The predicted molar refractivity (Wildman–Crippen MR) is 97.2 cm³/mol. The smallest absolute Gasteiger partial charge is 0.251 e. The summed E-state index contributed by atoms with van der Waals surface area (Å²) in [4.78, 5) is 23.1. The fraction of sp³-hybridized carbons (Fsp3) is 0.421. The zero-order chi connectivity index (χ0) is 17.6. The Kier molecular flexibility index (Phi) is 5.48. The van der Waals surface area contributed by atoms with E-state index in [4.69, 9.17) is 4.74 Å². The van der Waals surface area contributed by atoms with Crippen LogP contribution in [0.3, 0.4) is 0 Å². The van der Waals surface area contributed by atoms with Gasteiger partial charge >= 0.3 is 0 Å². The second-order valence-electron chi connectivity index (χ2n) is 6.28. The summed E-state index contributed by atoms with van der Waals surface area (Å²) in [7, 11) is 0.